The molecule has 2 aromatic rings. The highest BCUT2D eigenvalue weighted by atomic mass is 79.9. The maximum absolute atomic E-state index is 6.40. The quantitative estimate of drug-likeness (QED) is 0.679. The topological polar surface area (TPSA) is 12.0 Å². The summed E-state index contributed by atoms with van der Waals surface area (Å²) in [6.07, 6.45) is 0. The maximum Gasteiger partial charge on any atom is 0.0548 e. The number of nitrogens with one attached hydrogen (secondary N) is 1. The van der Waals surface area contributed by atoms with Crippen LogP contribution in [0.3, 0.4) is 0 Å². The van der Waals surface area contributed by atoms with Crippen molar-refractivity contribution in [3.8, 4) is 0 Å². The zero-order chi connectivity index (χ0) is 15.5. The first-order valence-corrected chi connectivity index (χ1v) is 8.80. The van der Waals surface area contributed by atoms with E-state index < -0.39 is 0 Å². The van der Waals surface area contributed by atoms with E-state index >= 15 is 0 Å². The molecule has 0 saturated heterocycles. The van der Waals surface area contributed by atoms with E-state index in [0.717, 1.165) is 20.9 Å². The molecule has 2 aromatic carbocycles. The lowest BCUT2D eigenvalue weighted by Gasteiger charge is -2.22. The maximum atomic E-state index is 6.40. The molecule has 0 saturated carbocycles. The molecule has 112 valence electrons. The van der Waals surface area contributed by atoms with Crippen molar-refractivity contribution >= 4 is 39.3 Å². The Morgan fingerprint density at radius 1 is 1.10 bits per heavy atom. The van der Waals surface area contributed by atoms with Crippen molar-refractivity contribution in [2.75, 3.05) is 0 Å². The van der Waals surface area contributed by atoms with Crippen LogP contribution in [-0.2, 0) is 6.54 Å². The average Bonchev–Trinajstić information content (AvgIpc) is 2.41. The largest absolute Gasteiger partial charge is 0.308 e. The summed E-state index contributed by atoms with van der Waals surface area (Å²) in [6, 6.07) is 14.4. The molecule has 0 amide bonds. The molecule has 0 bridgehead atoms. The van der Waals surface area contributed by atoms with Crippen LogP contribution < -0.4 is 5.32 Å². The van der Waals surface area contributed by atoms with E-state index in [0.29, 0.717) is 0 Å². The molecule has 1 N–H and O–H groups in total. The molecule has 0 atom stereocenters. The van der Waals surface area contributed by atoms with E-state index in [-0.39, 0.29) is 5.54 Å². The molecule has 1 nitrogen and oxygen atoms in total. The second-order valence-corrected chi connectivity index (χ2v) is 8.29. The van der Waals surface area contributed by atoms with Gasteiger partial charge in [-0.15, -0.1) is 0 Å². The third-order valence-corrected chi connectivity index (χ3v) is 5.04. The van der Waals surface area contributed by atoms with Crippen LogP contribution in [0, 0.1) is 0 Å². The minimum atomic E-state index is 0.0852. The molecule has 0 spiro atoms. The molecule has 0 aliphatic carbocycles. The van der Waals surface area contributed by atoms with Crippen LogP contribution in [0.2, 0.25) is 5.02 Å². The average molecular weight is 385 g/mol. The molecule has 2 rings (SSSR count). The first-order chi connectivity index (χ1) is 9.85. The van der Waals surface area contributed by atoms with Gasteiger partial charge in [-0.25, -0.2) is 0 Å². The van der Waals surface area contributed by atoms with E-state index in [2.05, 4.69) is 60.2 Å². The van der Waals surface area contributed by atoms with Gasteiger partial charge < -0.3 is 5.32 Å². The first-order valence-electron chi connectivity index (χ1n) is 6.81. The molecule has 0 heterocycles. The van der Waals surface area contributed by atoms with Gasteiger partial charge in [0.1, 0.15) is 0 Å². The highest BCUT2D eigenvalue weighted by Crippen LogP contribution is 2.36. The van der Waals surface area contributed by atoms with Crippen LogP contribution in [0.25, 0.3) is 0 Å². The van der Waals surface area contributed by atoms with Crippen molar-refractivity contribution < 1.29 is 0 Å². The van der Waals surface area contributed by atoms with Crippen LogP contribution in [0.5, 0.6) is 0 Å². The van der Waals surface area contributed by atoms with Crippen LogP contribution >= 0.6 is 39.3 Å². The van der Waals surface area contributed by atoms with E-state index in [1.54, 1.807) is 11.8 Å². The number of benzene rings is 2. The predicted molar refractivity (Wildman–Crippen MR) is 96.3 cm³/mol. The second kappa shape index (κ2) is 7.19. The van der Waals surface area contributed by atoms with Crippen molar-refractivity contribution in [1.29, 1.82) is 0 Å². The van der Waals surface area contributed by atoms with Gasteiger partial charge in [0.15, 0.2) is 0 Å². The Hall–Kier alpha value is -0.480. The zero-order valence-corrected chi connectivity index (χ0v) is 15.6. The number of hydrogen-bond donors (Lipinski definition) is 1. The van der Waals surface area contributed by atoms with Crippen molar-refractivity contribution in [2.24, 2.45) is 0 Å². The van der Waals surface area contributed by atoms with Crippen molar-refractivity contribution in [3.63, 3.8) is 0 Å². The third-order valence-electron chi connectivity index (χ3n) is 2.89. The highest BCUT2D eigenvalue weighted by molar-refractivity contribution is 9.10. The standard InChI is InChI=1S/C17H19BrClNS/c1-17(2,3)20-11-12-5-4-6-15(19)16(12)21-14-9-7-13(18)8-10-14/h4-10,20H,11H2,1-3H3. The predicted octanol–water partition coefficient (Wildman–Crippen LogP) is 6.14. The SMILES string of the molecule is CC(C)(C)NCc1cccc(Cl)c1Sc1ccc(Br)cc1. The normalized spacial score (nSPS) is 11.7. The number of hydrogen-bond acceptors (Lipinski definition) is 2. The Balaban J connectivity index is 2.23. The van der Waals surface area contributed by atoms with Gasteiger partial charge in [-0.2, -0.15) is 0 Å². The number of halogens is 2. The Labute approximate surface area is 144 Å². The van der Waals surface area contributed by atoms with Gasteiger partial charge in [-0.1, -0.05) is 51.4 Å². The molecule has 4 heteroatoms. The van der Waals surface area contributed by atoms with E-state index in [1.165, 1.54) is 10.5 Å². The summed E-state index contributed by atoms with van der Waals surface area (Å²) < 4.78 is 1.08. The van der Waals surface area contributed by atoms with Crippen LogP contribution in [0.4, 0.5) is 0 Å². The van der Waals surface area contributed by atoms with Gasteiger partial charge in [-0.3, -0.25) is 0 Å². The third kappa shape index (κ3) is 5.33. The molecule has 0 aliphatic rings. The lowest BCUT2D eigenvalue weighted by Crippen LogP contribution is -2.35. The molecule has 21 heavy (non-hydrogen) atoms. The monoisotopic (exact) mass is 383 g/mol. The lowest BCUT2D eigenvalue weighted by molar-refractivity contribution is 0.422. The fourth-order valence-corrected chi connectivity index (χ4v) is 3.31. The summed E-state index contributed by atoms with van der Waals surface area (Å²) in [6.45, 7) is 7.31. The second-order valence-electron chi connectivity index (χ2n) is 5.89. The Morgan fingerprint density at radius 2 is 1.76 bits per heavy atom. The van der Waals surface area contributed by atoms with E-state index in [9.17, 15) is 0 Å². The van der Waals surface area contributed by atoms with Gasteiger partial charge in [0.25, 0.3) is 0 Å². The molecule has 0 unspecified atom stereocenters. The smallest absolute Gasteiger partial charge is 0.0548 e. The summed E-state index contributed by atoms with van der Waals surface area (Å²) in [4.78, 5) is 2.31. The molecule has 0 fully saturated rings. The summed E-state index contributed by atoms with van der Waals surface area (Å²) in [5, 5.41) is 4.32. The molecule has 0 radical (unpaired) electrons. The van der Waals surface area contributed by atoms with Gasteiger partial charge in [0.2, 0.25) is 0 Å². The van der Waals surface area contributed by atoms with Crippen molar-refractivity contribution in [1.82, 2.24) is 5.32 Å². The van der Waals surface area contributed by atoms with Crippen LogP contribution in [0.1, 0.15) is 26.3 Å². The fourth-order valence-electron chi connectivity index (χ4n) is 1.79. The highest BCUT2D eigenvalue weighted by Gasteiger charge is 2.13. The van der Waals surface area contributed by atoms with Gasteiger partial charge in [-0.05, 0) is 56.7 Å². The molecular formula is C17H19BrClNS. The van der Waals surface area contributed by atoms with E-state index in [4.69, 9.17) is 11.6 Å². The van der Waals surface area contributed by atoms with Crippen molar-refractivity contribution in [2.45, 2.75) is 42.6 Å². The minimum absolute atomic E-state index is 0.0852. The first kappa shape index (κ1) is 16.9. The van der Waals surface area contributed by atoms with Gasteiger partial charge in [0, 0.05) is 26.3 Å². The van der Waals surface area contributed by atoms with Gasteiger partial charge in [0.05, 0.1) is 5.02 Å². The minimum Gasteiger partial charge on any atom is -0.308 e. The van der Waals surface area contributed by atoms with E-state index in [1.807, 2.05) is 24.3 Å². The summed E-state index contributed by atoms with van der Waals surface area (Å²) in [7, 11) is 0. The molecule has 0 aromatic heterocycles. The lowest BCUT2D eigenvalue weighted by atomic mass is 10.1. The molecule has 0 aliphatic heterocycles. The summed E-state index contributed by atoms with van der Waals surface area (Å²) in [5.41, 5.74) is 1.31. The fraction of sp³-hybridized carbons (Fsp3) is 0.294. The number of rotatable bonds is 4. The Morgan fingerprint density at radius 3 is 2.38 bits per heavy atom. The zero-order valence-electron chi connectivity index (χ0n) is 12.4. The summed E-state index contributed by atoms with van der Waals surface area (Å²) in [5.74, 6) is 0. The van der Waals surface area contributed by atoms with Crippen LogP contribution in [0.15, 0.2) is 56.7 Å². The van der Waals surface area contributed by atoms with Crippen LogP contribution in [-0.4, -0.2) is 5.54 Å². The Kier molecular flexibility index (Phi) is 5.78. The van der Waals surface area contributed by atoms with Gasteiger partial charge >= 0.3 is 0 Å². The molecular weight excluding hydrogens is 366 g/mol. The van der Waals surface area contributed by atoms with Crippen molar-refractivity contribution in [3.05, 3.63) is 57.5 Å². The Bertz CT molecular complexity index is 605. The summed E-state index contributed by atoms with van der Waals surface area (Å²) >= 11 is 11.6.